The number of rotatable bonds is 4. The zero-order chi connectivity index (χ0) is 22.0. The van der Waals surface area contributed by atoms with E-state index in [1.54, 1.807) is 0 Å². The van der Waals surface area contributed by atoms with E-state index in [1.165, 1.54) is 42.6 Å². The average Bonchev–Trinajstić information content (AvgIpc) is 3.20. The summed E-state index contributed by atoms with van der Waals surface area (Å²) in [6.45, 7) is 9.56. The molecule has 3 nitrogen and oxygen atoms in total. The van der Waals surface area contributed by atoms with Crippen LogP contribution in [0.4, 0.5) is 0 Å². The fraction of sp³-hybridized carbons (Fsp3) is 0.786. The summed E-state index contributed by atoms with van der Waals surface area (Å²) in [5.74, 6) is 4.94. The highest BCUT2D eigenvalue weighted by Crippen LogP contribution is 2.68. The van der Waals surface area contributed by atoms with E-state index in [1.807, 2.05) is 0 Å². The highest BCUT2D eigenvalue weighted by atomic mass is 16.5. The predicted molar refractivity (Wildman–Crippen MR) is 122 cm³/mol. The fourth-order valence-corrected chi connectivity index (χ4v) is 8.70. The van der Waals surface area contributed by atoms with E-state index in [-0.39, 0.29) is 5.41 Å². The average molecular weight is 422 g/mol. The zero-order valence-electron chi connectivity index (χ0n) is 19.9. The second kappa shape index (κ2) is 7.50. The summed E-state index contributed by atoms with van der Waals surface area (Å²) < 4.78 is 6.65. The number of hydrogen-bond donors (Lipinski definition) is 0. The van der Waals surface area contributed by atoms with Gasteiger partial charge in [-0.05, 0) is 85.5 Å². The van der Waals surface area contributed by atoms with Crippen LogP contribution in [0.3, 0.4) is 0 Å². The van der Waals surface area contributed by atoms with Crippen LogP contribution in [-0.2, 0) is 9.53 Å². The molecule has 5 rings (SSSR count). The van der Waals surface area contributed by atoms with Gasteiger partial charge < -0.3 is 4.74 Å². The maximum atomic E-state index is 12.1. The lowest BCUT2D eigenvalue weighted by molar-refractivity contribution is -0.122. The molecule has 3 fully saturated rings. The van der Waals surface area contributed by atoms with Crippen molar-refractivity contribution in [1.29, 1.82) is 5.26 Å². The van der Waals surface area contributed by atoms with Crippen molar-refractivity contribution in [3.63, 3.8) is 0 Å². The first-order valence-corrected chi connectivity index (χ1v) is 12.7. The Hall–Kier alpha value is -1.56. The largest absolute Gasteiger partial charge is 0.494 e. The number of carbonyl (C=O) groups is 1. The molecule has 0 N–H and O–H groups in total. The van der Waals surface area contributed by atoms with E-state index in [4.69, 9.17) is 10.00 Å². The molecular weight excluding hydrogens is 382 g/mol. The molecule has 4 aliphatic carbocycles. The van der Waals surface area contributed by atoms with Crippen molar-refractivity contribution in [2.75, 3.05) is 0 Å². The highest BCUT2D eigenvalue weighted by molar-refractivity contribution is 5.82. The van der Waals surface area contributed by atoms with Gasteiger partial charge >= 0.3 is 0 Å². The Morgan fingerprint density at radius 1 is 1.29 bits per heavy atom. The van der Waals surface area contributed by atoms with Crippen LogP contribution in [-0.4, -0.2) is 11.9 Å². The van der Waals surface area contributed by atoms with E-state index in [2.05, 4.69) is 39.8 Å². The van der Waals surface area contributed by atoms with Gasteiger partial charge in [-0.3, -0.25) is 4.79 Å². The van der Waals surface area contributed by atoms with Gasteiger partial charge in [0.2, 0.25) is 0 Å². The van der Waals surface area contributed by atoms with Crippen LogP contribution < -0.4 is 0 Å². The minimum absolute atomic E-state index is 0.254. The van der Waals surface area contributed by atoms with Gasteiger partial charge in [0.25, 0.3) is 0 Å². The number of allylic oxidation sites excluding steroid dienone is 3. The van der Waals surface area contributed by atoms with Crippen molar-refractivity contribution in [3.05, 3.63) is 23.0 Å². The number of hydrogen-bond acceptors (Lipinski definition) is 3. The molecule has 0 spiro atoms. The molecular formula is C28H39NO2. The van der Waals surface area contributed by atoms with Gasteiger partial charge in [-0.2, -0.15) is 5.26 Å². The minimum Gasteiger partial charge on any atom is -0.494 e. The van der Waals surface area contributed by atoms with Gasteiger partial charge in [0.05, 0.1) is 11.8 Å². The molecule has 5 aliphatic rings. The lowest BCUT2D eigenvalue weighted by Gasteiger charge is -2.57. The summed E-state index contributed by atoms with van der Waals surface area (Å²) in [5.41, 5.74) is 3.58. The second-order valence-corrected chi connectivity index (χ2v) is 12.0. The number of carbonyl (C=O) groups excluding carboxylic acids is 1. The molecule has 8 atom stereocenters. The number of nitriles is 1. The first kappa shape index (κ1) is 21.3. The van der Waals surface area contributed by atoms with Gasteiger partial charge in [0.1, 0.15) is 11.9 Å². The second-order valence-electron chi connectivity index (χ2n) is 12.0. The molecule has 0 unspecified atom stereocenters. The SMILES string of the molecule is CC1=C(CC[C@@H](C)CC#N)O[C@H]2C[C@H]3[C@@H]4CC=C5CC(=O)CC[C@]5(C)[C@H]4CC[C@]3(C)[C@@H]12. The van der Waals surface area contributed by atoms with Crippen LogP contribution in [0, 0.1) is 51.8 Å². The van der Waals surface area contributed by atoms with Crippen LogP contribution in [0.1, 0.15) is 91.9 Å². The highest BCUT2D eigenvalue weighted by Gasteiger charge is 2.63. The monoisotopic (exact) mass is 421 g/mol. The molecule has 0 aromatic heterocycles. The van der Waals surface area contributed by atoms with E-state index in [9.17, 15) is 4.79 Å². The quantitative estimate of drug-likeness (QED) is 0.472. The van der Waals surface area contributed by atoms with Gasteiger partial charge in [0.15, 0.2) is 0 Å². The standard InChI is InChI=1S/C28H39NO2/c1-17(11-14-29)5-8-24-18(2)26-25(31-24)16-23-21-7-6-19-15-20(30)9-12-27(19,3)22(21)10-13-28(23,26)4/h6,17,21-23,25-26H,5,7-13,15-16H2,1-4H3/t17-,21-,22+,23+,25+,26+,27+,28+/m1/s1. The Morgan fingerprint density at radius 2 is 2.10 bits per heavy atom. The van der Waals surface area contributed by atoms with Crippen molar-refractivity contribution >= 4 is 5.78 Å². The maximum absolute atomic E-state index is 12.1. The van der Waals surface area contributed by atoms with Gasteiger partial charge in [-0.15, -0.1) is 0 Å². The smallest absolute Gasteiger partial charge is 0.136 e. The third-order valence-electron chi connectivity index (χ3n) is 10.4. The molecule has 1 aliphatic heterocycles. The van der Waals surface area contributed by atoms with Crippen LogP contribution in [0.5, 0.6) is 0 Å². The third-order valence-corrected chi connectivity index (χ3v) is 10.4. The van der Waals surface area contributed by atoms with Crippen LogP contribution in [0.15, 0.2) is 23.0 Å². The molecule has 0 aromatic carbocycles. The van der Waals surface area contributed by atoms with E-state index >= 15 is 0 Å². The lowest BCUT2D eigenvalue weighted by Crippen LogP contribution is -2.50. The van der Waals surface area contributed by atoms with Crippen molar-refractivity contribution in [1.82, 2.24) is 0 Å². The van der Waals surface area contributed by atoms with Crippen LogP contribution >= 0.6 is 0 Å². The van der Waals surface area contributed by atoms with E-state index < -0.39 is 0 Å². The number of ketones is 1. The van der Waals surface area contributed by atoms with Crippen molar-refractivity contribution in [2.24, 2.45) is 40.4 Å². The Labute approximate surface area is 188 Å². The Balaban J connectivity index is 1.37. The molecule has 0 saturated heterocycles. The number of Topliss-reactive ketones (excluding diaryl/α,β-unsaturated/α-hetero) is 1. The summed E-state index contributed by atoms with van der Waals surface area (Å²) in [4.78, 5) is 12.1. The normalized spacial score (nSPS) is 44.4. The van der Waals surface area contributed by atoms with Gasteiger partial charge in [0, 0.05) is 31.6 Å². The number of nitrogens with zero attached hydrogens (tertiary/aromatic N) is 1. The lowest BCUT2D eigenvalue weighted by atomic mass is 9.47. The summed E-state index contributed by atoms with van der Waals surface area (Å²) in [7, 11) is 0. The van der Waals surface area contributed by atoms with Crippen LogP contribution in [0.2, 0.25) is 0 Å². The Morgan fingerprint density at radius 3 is 2.87 bits per heavy atom. The first-order chi connectivity index (χ1) is 14.8. The van der Waals surface area contributed by atoms with Crippen molar-refractivity contribution in [2.45, 2.75) is 98.0 Å². The third kappa shape index (κ3) is 3.15. The van der Waals surface area contributed by atoms with E-state index in [0.717, 1.165) is 43.4 Å². The topological polar surface area (TPSA) is 50.1 Å². The molecule has 0 aromatic rings. The van der Waals surface area contributed by atoms with E-state index in [0.29, 0.717) is 42.0 Å². The summed E-state index contributed by atoms with van der Waals surface area (Å²) >= 11 is 0. The molecule has 31 heavy (non-hydrogen) atoms. The molecule has 0 radical (unpaired) electrons. The Kier molecular flexibility index (Phi) is 5.15. The number of fused-ring (bicyclic) bond motifs is 7. The molecule has 3 saturated carbocycles. The van der Waals surface area contributed by atoms with Crippen molar-refractivity contribution < 1.29 is 9.53 Å². The predicted octanol–water partition coefficient (Wildman–Crippen LogP) is 6.75. The Bertz CT molecular complexity index is 878. The first-order valence-electron chi connectivity index (χ1n) is 12.7. The summed E-state index contributed by atoms with van der Waals surface area (Å²) in [6, 6.07) is 2.31. The summed E-state index contributed by atoms with van der Waals surface area (Å²) in [6.07, 6.45) is 13.1. The maximum Gasteiger partial charge on any atom is 0.136 e. The zero-order valence-corrected chi connectivity index (χ0v) is 19.9. The van der Waals surface area contributed by atoms with Crippen molar-refractivity contribution in [3.8, 4) is 6.07 Å². The van der Waals surface area contributed by atoms with Crippen LogP contribution in [0.25, 0.3) is 0 Å². The molecule has 1 heterocycles. The molecule has 3 heteroatoms. The number of ether oxygens (including phenoxy) is 1. The summed E-state index contributed by atoms with van der Waals surface area (Å²) in [5, 5.41) is 8.96. The molecule has 0 bridgehead atoms. The fourth-order valence-electron chi connectivity index (χ4n) is 8.70. The minimum atomic E-state index is 0.254. The molecule has 0 amide bonds. The van der Waals surface area contributed by atoms with Gasteiger partial charge in [-0.1, -0.05) is 32.4 Å². The van der Waals surface area contributed by atoms with Gasteiger partial charge in [-0.25, -0.2) is 0 Å². The molecule has 168 valence electrons.